The van der Waals surface area contributed by atoms with Gasteiger partial charge in [0.2, 0.25) is 0 Å². The topological polar surface area (TPSA) is 165 Å². The van der Waals surface area contributed by atoms with E-state index in [1.165, 1.54) is 12.1 Å². The van der Waals surface area contributed by atoms with Gasteiger partial charge in [0.05, 0.1) is 16.8 Å². The Balaban J connectivity index is 1.79. The number of hydrogen-bond acceptors (Lipinski definition) is 7. The van der Waals surface area contributed by atoms with Gasteiger partial charge in [0.25, 0.3) is 20.2 Å². The lowest BCUT2D eigenvalue weighted by Crippen LogP contribution is -2.51. The van der Waals surface area contributed by atoms with Crippen molar-refractivity contribution in [1.29, 1.82) is 0 Å². The third-order valence-electron chi connectivity index (χ3n) is 6.35. The number of anilines is 2. The number of benzene rings is 2. The van der Waals surface area contributed by atoms with Crippen LogP contribution in [0.1, 0.15) is 49.5 Å². The number of carbonyl (C=O) groups excluding carboxylic acids is 2. The lowest BCUT2D eigenvalue weighted by Gasteiger charge is -2.39. The Hall–Kier alpha value is -3.09. The van der Waals surface area contributed by atoms with E-state index in [1.54, 1.807) is 31.2 Å². The van der Waals surface area contributed by atoms with Gasteiger partial charge < -0.3 is 5.32 Å². The maximum Gasteiger partial charge on any atom is 0.296 e. The molecule has 2 atom stereocenters. The average Bonchev–Trinajstić information content (AvgIpc) is 2.76. The number of sulfonamides is 1. The Labute approximate surface area is 204 Å². The van der Waals surface area contributed by atoms with Crippen LogP contribution in [-0.2, 0) is 30.4 Å². The molecule has 1 aliphatic heterocycles. The Bertz CT molecular complexity index is 1480. The van der Waals surface area contributed by atoms with Crippen LogP contribution in [0.3, 0.4) is 0 Å². The van der Waals surface area contributed by atoms with Crippen LogP contribution in [-0.4, -0.2) is 34.2 Å². The molecule has 35 heavy (non-hydrogen) atoms. The van der Waals surface area contributed by atoms with Crippen molar-refractivity contribution in [1.82, 2.24) is 0 Å². The fraction of sp³-hybridized carbons (Fsp3) is 0.348. The second kappa shape index (κ2) is 8.54. The molecule has 12 heteroatoms. The second-order valence-electron chi connectivity index (χ2n) is 9.41. The number of fused-ring (bicyclic) bond motifs is 2. The van der Waals surface area contributed by atoms with E-state index in [1.807, 2.05) is 18.6 Å². The first kappa shape index (κ1) is 25.0. The molecule has 1 heterocycles. The number of hydrogen-bond donors (Lipinski definition) is 3. The molecule has 0 fully saturated rings. The highest BCUT2D eigenvalue weighted by atomic mass is 32.2. The Morgan fingerprint density at radius 3 is 2.51 bits per heavy atom. The van der Waals surface area contributed by atoms with Crippen molar-refractivity contribution in [3.8, 4) is 0 Å². The van der Waals surface area contributed by atoms with E-state index in [-0.39, 0.29) is 22.1 Å². The number of Topliss-reactive ketones (excluding diaryl/α,β-unsaturated/α-hetero) is 2. The summed E-state index contributed by atoms with van der Waals surface area (Å²) in [5.74, 6) is -2.32. The summed E-state index contributed by atoms with van der Waals surface area (Å²) in [6.45, 7) is 5.87. The average molecular weight is 519 g/mol. The fourth-order valence-corrected chi connectivity index (χ4v) is 6.16. The summed E-state index contributed by atoms with van der Waals surface area (Å²) in [6.07, 6.45) is 1.22. The molecular formula is C23H26N4O6S2. The molecule has 186 valence electrons. The molecule has 2 aromatic rings. The van der Waals surface area contributed by atoms with Gasteiger partial charge in [0.1, 0.15) is 16.6 Å². The number of nitrogens with zero attached hydrogens (tertiary/aromatic N) is 1. The molecule has 2 aliphatic rings. The van der Waals surface area contributed by atoms with Gasteiger partial charge in [-0.2, -0.15) is 16.8 Å². The van der Waals surface area contributed by atoms with E-state index in [4.69, 9.17) is 5.14 Å². The van der Waals surface area contributed by atoms with Gasteiger partial charge in [-0.1, -0.05) is 38.1 Å². The van der Waals surface area contributed by atoms with Crippen LogP contribution in [0.4, 0.5) is 11.4 Å². The zero-order valence-electron chi connectivity index (χ0n) is 19.4. The van der Waals surface area contributed by atoms with E-state index in [0.717, 1.165) is 12.5 Å². The SMILES string of the molecule is CC(C)CC[C@]1(C)C(=O)C(C2=NS(=O)(=O)c3cc(NS(N)(=O)=O)ccc3N2)C(=O)c2ccccc21. The van der Waals surface area contributed by atoms with E-state index in [9.17, 15) is 26.4 Å². The molecule has 0 radical (unpaired) electrons. The van der Waals surface area contributed by atoms with Crippen molar-refractivity contribution in [3.63, 3.8) is 0 Å². The number of amidine groups is 1. The summed E-state index contributed by atoms with van der Waals surface area (Å²) in [7, 11) is -8.49. The molecule has 10 nitrogen and oxygen atoms in total. The summed E-state index contributed by atoms with van der Waals surface area (Å²) in [5, 5.41) is 7.79. The van der Waals surface area contributed by atoms with Crippen LogP contribution >= 0.6 is 0 Å². The minimum absolute atomic E-state index is 0.0679. The first-order chi connectivity index (χ1) is 16.2. The lowest BCUT2D eigenvalue weighted by molar-refractivity contribution is -0.125. The van der Waals surface area contributed by atoms with Crippen molar-refractivity contribution in [2.75, 3.05) is 10.0 Å². The molecule has 1 aliphatic carbocycles. The summed E-state index contributed by atoms with van der Waals surface area (Å²) in [4.78, 5) is 27.0. The monoisotopic (exact) mass is 518 g/mol. The van der Waals surface area contributed by atoms with E-state index in [2.05, 4.69) is 9.71 Å². The number of ketones is 2. The second-order valence-corrected chi connectivity index (χ2v) is 12.3. The van der Waals surface area contributed by atoms with Crippen molar-refractivity contribution in [2.24, 2.45) is 21.4 Å². The van der Waals surface area contributed by atoms with Gasteiger partial charge in [0.15, 0.2) is 11.6 Å². The van der Waals surface area contributed by atoms with Gasteiger partial charge in [-0.05, 0) is 49.4 Å². The van der Waals surface area contributed by atoms with E-state index in [0.29, 0.717) is 23.5 Å². The Kier molecular flexibility index (Phi) is 6.10. The number of carbonyl (C=O) groups is 2. The van der Waals surface area contributed by atoms with Gasteiger partial charge in [0, 0.05) is 5.56 Å². The molecule has 4 N–H and O–H groups in total. The van der Waals surface area contributed by atoms with Crippen molar-refractivity contribution < 1.29 is 26.4 Å². The highest BCUT2D eigenvalue weighted by molar-refractivity contribution is 7.91. The van der Waals surface area contributed by atoms with Gasteiger partial charge in [-0.3, -0.25) is 14.3 Å². The van der Waals surface area contributed by atoms with Crippen molar-refractivity contribution in [2.45, 2.75) is 43.9 Å². The molecule has 4 rings (SSSR count). The van der Waals surface area contributed by atoms with Crippen LogP contribution in [0, 0.1) is 11.8 Å². The molecule has 0 aromatic heterocycles. The third kappa shape index (κ3) is 4.60. The van der Waals surface area contributed by atoms with Crippen LogP contribution in [0.25, 0.3) is 0 Å². The van der Waals surface area contributed by atoms with Crippen LogP contribution in [0.15, 0.2) is 51.8 Å². The molecule has 0 bridgehead atoms. The standard InChI is InChI=1S/C23H26N4O6S2/c1-13(2)10-11-23(3)16-7-5-4-6-15(16)20(28)19(21(23)29)22-25-17-9-8-14(26-35(24,32)33)12-18(17)34(30,31)27-22/h4-9,12-13,19,26H,10-11H2,1-3H3,(H,25,27)(H2,24,32,33)/t19?,23-/m0/s1. The molecule has 0 saturated heterocycles. The van der Waals surface area contributed by atoms with Gasteiger partial charge >= 0.3 is 0 Å². The Morgan fingerprint density at radius 2 is 1.86 bits per heavy atom. The minimum Gasteiger partial charge on any atom is -0.341 e. The quantitative estimate of drug-likeness (QED) is 0.494. The maximum atomic E-state index is 13.8. The zero-order valence-corrected chi connectivity index (χ0v) is 21.0. The zero-order chi connectivity index (χ0) is 25.8. The number of nitrogens with one attached hydrogen (secondary N) is 2. The predicted octanol–water partition coefficient (Wildman–Crippen LogP) is 2.59. The van der Waals surface area contributed by atoms with E-state index >= 15 is 0 Å². The lowest BCUT2D eigenvalue weighted by atomic mass is 9.63. The van der Waals surface area contributed by atoms with Crippen LogP contribution < -0.4 is 15.2 Å². The summed E-state index contributed by atoms with van der Waals surface area (Å²) in [6, 6.07) is 10.6. The van der Waals surface area contributed by atoms with Crippen LogP contribution in [0.5, 0.6) is 0 Å². The molecule has 2 aromatic carbocycles. The summed E-state index contributed by atoms with van der Waals surface area (Å²) in [5.41, 5.74) is -0.0145. The maximum absolute atomic E-state index is 13.8. The fourth-order valence-electron chi connectivity index (χ4n) is 4.52. The van der Waals surface area contributed by atoms with Crippen molar-refractivity contribution in [3.05, 3.63) is 53.6 Å². The van der Waals surface area contributed by atoms with Gasteiger partial charge in [-0.25, -0.2) is 5.14 Å². The first-order valence-electron chi connectivity index (χ1n) is 11.0. The van der Waals surface area contributed by atoms with Crippen molar-refractivity contribution >= 4 is 49.0 Å². The molecule has 0 amide bonds. The van der Waals surface area contributed by atoms with Gasteiger partial charge in [-0.15, -0.1) is 4.40 Å². The van der Waals surface area contributed by atoms with Crippen LogP contribution in [0.2, 0.25) is 0 Å². The molecule has 0 spiro atoms. The number of rotatable bonds is 6. The molecule has 0 saturated carbocycles. The summed E-state index contributed by atoms with van der Waals surface area (Å²) < 4.78 is 54.5. The first-order valence-corrected chi connectivity index (χ1v) is 14.0. The summed E-state index contributed by atoms with van der Waals surface area (Å²) >= 11 is 0. The molecular weight excluding hydrogens is 492 g/mol. The molecule has 1 unspecified atom stereocenters. The number of nitrogens with two attached hydrogens (primary N) is 1. The minimum atomic E-state index is -4.36. The highest BCUT2D eigenvalue weighted by Gasteiger charge is 2.51. The third-order valence-corrected chi connectivity index (χ3v) is 8.20. The Morgan fingerprint density at radius 1 is 1.17 bits per heavy atom. The van der Waals surface area contributed by atoms with E-state index < -0.39 is 43.1 Å². The highest BCUT2D eigenvalue weighted by Crippen LogP contribution is 2.42. The smallest absolute Gasteiger partial charge is 0.296 e. The largest absolute Gasteiger partial charge is 0.341 e. The predicted molar refractivity (Wildman–Crippen MR) is 132 cm³/mol. The normalized spacial score (nSPS) is 23.2.